The fourth-order valence-electron chi connectivity index (χ4n) is 3.08. The first-order valence-electron chi connectivity index (χ1n) is 7.65. The summed E-state index contributed by atoms with van der Waals surface area (Å²) in [6.07, 6.45) is 1.63. The summed E-state index contributed by atoms with van der Waals surface area (Å²) in [7, 11) is 0. The van der Waals surface area contributed by atoms with Gasteiger partial charge >= 0.3 is 5.69 Å². The Labute approximate surface area is 127 Å². The monoisotopic (exact) mass is 307 g/mol. The van der Waals surface area contributed by atoms with Crippen LogP contribution in [0.25, 0.3) is 0 Å². The molecule has 1 unspecified atom stereocenters. The van der Waals surface area contributed by atoms with Gasteiger partial charge < -0.3 is 9.88 Å². The Morgan fingerprint density at radius 2 is 2.05 bits per heavy atom. The fourth-order valence-corrected chi connectivity index (χ4v) is 3.08. The molecule has 0 spiro atoms. The Bertz CT molecular complexity index is 644. The second-order valence-corrected chi connectivity index (χ2v) is 5.85. The highest BCUT2D eigenvalue weighted by molar-refractivity contribution is 5.75. The first-order chi connectivity index (χ1) is 10.6. The van der Waals surface area contributed by atoms with Crippen molar-refractivity contribution in [2.75, 3.05) is 39.3 Å². The summed E-state index contributed by atoms with van der Waals surface area (Å²) < 4.78 is 1.33. The summed E-state index contributed by atoms with van der Waals surface area (Å²) in [4.78, 5) is 41.4. The van der Waals surface area contributed by atoms with Crippen molar-refractivity contribution in [1.29, 1.82) is 0 Å². The molecule has 1 atom stereocenters. The number of rotatable bonds is 5. The Balaban J connectivity index is 1.45. The highest BCUT2D eigenvalue weighted by atomic mass is 16.2. The third kappa shape index (κ3) is 3.45. The van der Waals surface area contributed by atoms with Crippen LogP contribution >= 0.6 is 0 Å². The maximum Gasteiger partial charge on any atom is 0.328 e. The zero-order valence-electron chi connectivity index (χ0n) is 12.5. The zero-order valence-corrected chi connectivity index (χ0v) is 12.5. The summed E-state index contributed by atoms with van der Waals surface area (Å²) in [5, 5.41) is 2.94. The number of nitrogens with one attached hydrogen (secondary N) is 2. The van der Waals surface area contributed by atoms with Crippen molar-refractivity contribution in [2.24, 2.45) is 0 Å². The van der Waals surface area contributed by atoms with Gasteiger partial charge in [0.2, 0.25) is 5.91 Å². The molecule has 3 saturated heterocycles. The van der Waals surface area contributed by atoms with E-state index in [1.807, 2.05) is 0 Å². The number of carbonyl (C=O) groups excluding carboxylic acids is 1. The maximum absolute atomic E-state index is 11.9. The number of H-pyrrole nitrogens is 1. The Hall–Kier alpha value is -1.93. The van der Waals surface area contributed by atoms with E-state index in [-0.39, 0.29) is 18.9 Å². The third-order valence-electron chi connectivity index (χ3n) is 4.40. The number of piperazine rings is 3. The van der Waals surface area contributed by atoms with Gasteiger partial charge in [0.15, 0.2) is 0 Å². The van der Waals surface area contributed by atoms with E-state index >= 15 is 0 Å². The predicted octanol–water partition coefficient (Wildman–Crippen LogP) is -1.96. The molecule has 3 aliphatic rings. The number of aromatic amines is 1. The van der Waals surface area contributed by atoms with Crippen molar-refractivity contribution in [2.45, 2.75) is 19.0 Å². The van der Waals surface area contributed by atoms with E-state index < -0.39 is 11.2 Å². The van der Waals surface area contributed by atoms with Crippen LogP contribution in [0, 0.1) is 0 Å². The standard InChI is InChI=1S/C14H21N5O3/c20-12(1-3-19-4-2-13(21)16-14(19)22)15-9-11-10-17-5-7-18(11)8-6-17/h2,4,11H,1,3,5-10H2,(H,15,20)(H,16,21,22). The molecule has 1 aromatic heterocycles. The first kappa shape index (κ1) is 15.0. The molecule has 4 heterocycles. The van der Waals surface area contributed by atoms with E-state index in [1.165, 1.54) is 16.8 Å². The van der Waals surface area contributed by atoms with E-state index in [0.29, 0.717) is 12.6 Å². The van der Waals surface area contributed by atoms with Crippen LogP contribution in [0.15, 0.2) is 21.9 Å². The highest BCUT2D eigenvalue weighted by Crippen LogP contribution is 2.14. The Morgan fingerprint density at radius 3 is 2.68 bits per heavy atom. The van der Waals surface area contributed by atoms with Crippen molar-refractivity contribution in [3.63, 3.8) is 0 Å². The second-order valence-electron chi connectivity index (χ2n) is 5.85. The van der Waals surface area contributed by atoms with Crippen molar-refractivity contribution in [3.8, 4) is 0 Å². The quantitative estimate of drug-likeness (QED) is 0.659. The average molecular weight is 307 g/mol. The molecule has 2 bridgehead atoms. The molecule has 0 saturated carbocycles. The molecule has 0 radical (unpaired) electrons. The molecule has 4 rings (SSSR count). The molecular formula is C14H21N5O3. The molecule has 0 aliphatic carbocycles. The lowest BCUT2D eigenvalue weighted by Gasteiger charge is -2.47. The normalized spacial score (nSPS) is 26.8. The van der Waals surface area contributed by atoms with Crippen molar-refractivity contribution >= 4 is 5.91 Å². The van der Waals surface area contributed by atoms with Gasteiger partial charge in [-0.25, -0.2) is 4.79 Å². The molecule has 2 N–H and O–H groups in total. The van der Waals surface area contributed by atoms with Crippen LogP contribution in [0.2, 0.25) is 0 Å². The number of nitrogens with zero attached hydrogens (tertiary/aromatic N) is 3. The van der Waals surface area contributed by atoms with Gasteiger partial charge in [0.05, 0.1) is 0 Å². The molecule has 8 nitrogen and oxygen atoms in total. The minimum atomic E-state index is -0.483. The van der Waals surface area contributed by atoms with E-state index in [1.54, 1.807) is 0 Å². The molecule has 1 amide bonds. The summed E-state index contributed by atoms with van der Waals surface area (Å²) in [6.45, 7) is 6.33. The summed E-state index contributed by atoms with van der Waals surface area (Å²) in [5.74, 6) is -0.0734. The number of fused-ring (bicyclic) bond motifs is 3. The van der Waals surface area contributed by atoms with Gasteiger partial charge in [-0.05, 0) is 0 Å². The van der Waals surface area contributed by atoms with E-state index in [4.69, 9.17) is 0 Å². The van der Waals surface area contributed by atoms with Gasteiger partial charge in [0, 0.05) is 70.5 Å². The van der Waals surface area contributed by atoms with E-state index in [0.717, 1.165) is 32.7 Å². The smallest absolute Gasteiger partial charge is 0.328 e. The van der Waals surface area contributed by atoms with Crippen LogP contribution in [0.1, 0.15) is 6.42 Å². The molecular weight excluding hydrogens is 286 g/mol. The van der Waals surface area contributed by atoms with Gasteiger partial charge in [-0.1, -0.05) is 0 Å². The van der Waals surface area contributed by atoms with Crippen molar-refractivity contribution < 1.29 is 4.79 Å². The zero-order chi connectivity index (χ0) is 15.5. The van der Waals surface area contributed by atoms with Crippen LogP contribution < -0.4 is 16.6 Å². The highest BCUT2D eigenvalue weighted by Gasteiger charge is 2.31. The second kappa shape index (κ2) is 6.45. The summed E-state index contributed by atoms with van der Waals surface area (Å²) >= 11 is 0. The van der Waals surface area contributed by atoms with Gasteiger partial charge in [0.1, 0.15) is 0 Å². The first-order valence-corrected chi connectivity index (χ1v) is 7.65. The molecule has 3 fully saturated rings. The third-order valence-corrected chi connectivity index (χ3v) is 4.40. The lowest BCUT2D eigenvalue weighted by molar-refractivity contribution is -0.121. The number of hydrogen-bond acceptors (Lipinski definition) is 5. The maximum atomic E-state index is 11.9. The SMILES string of the molecule is O=C(CCn1ccc(=O)[nH]c1=O)NCC1CN2CCN1CC2. The van der Waals surface area contributed by atoms with E-state index in [9.17, 15) is 14.4 Å². The van der Waals surface area contributed by atoms with Crippen LogP contribution in [0.4, 0.5) is 0 Å². The largest absolute Gasteiger partial charge is 0.354 e. The number of amides is 1. The number of aromatic nitrogens is 2. The van der Waals surface area contributed by atoms with Crippen molar-refractivity contribution in [3.05, 3.63) is 33.1 Å². The Morgan fingerprint density at radius 1 is 1.27 bits per heavy atom. The molecule has 22 heavy (non-hydrogen) atoms. The van der Waals surface area contributed by atoms with Crippen molar-refractivity contribution in [1.82, 2.24) is 24.7 Å². The number of carbonyl (C=O) groups is 1. The molecule has 120 valence electrons. The van der Waals surface area contributed by atoms with E-state index in [2.05, 4.69) is 20.1 Å². The van der Waals surface area contributed by atoms with Gasteiger partial charge in [0.25, 0.3) is 5.56 Å². The molecule has 3 aliphatic heterocycles. The van der Waals surface area contributed by atoms with Crippen LogP contribution in [-0.2, 0) is 11.3 Å². The van der Waals surface area contributed by atoms with Gasteiger partial charge in [-0.15, -0.1) is 0 Å². The van der Waals surface area contributed by atoms with Gasteiger partial charge in [-0.2, -0.15) is 0 Å². The topological polar surface area (TPSA) is 90.4 Å². The van der Waals surface area contributed by atoms with Crippen LogP contribution in [-0.4, -0.2) is 70.6 Å². The lowest BCUT2D eigenvalue weighted by atomic mass is 10.1. The molecule has 0 aromatic carbocycles. The van der Waals surface area contributed by atoms with Crippen LogP contribution in [0.3, 0.4) is 0 Å². The lowest BCUT2D eigenvalue weighted by Crippen LogP contribution is -2.63. The average Bonchev–Trinajstić information content (AvgIpc) is 2.53. The number of aryl methyl sites for hydroxylation is 1. The van der Waals surface area contributed by atoms with Gasteiger partial charge in [-0.3, -0.25) is 24.4 Å². The minimum Gasteiger partial charge on any atom is -0.354 e. The molecule has 1 aromatic rings. The minimum absolute atomic E-state index is 0.0734. The summed E-state index contributed by atoms with van der Waals surface area (Å²) in [5.41, 5.74) is -0.911. The molecule has 8 heteroatoms. The number of hydrogen-bond donors (Lipinski definition) is 2. The van der Waals surface area contributed by atoms with Crippen LogP contribution in [0.5, 0.6) is 0 Å². The Kier molecular flexibility index (Phi) is 4.39. The fraction of sp³-hybridized carbons (Fsp3) is 0.643. The predicted molar refractivity (Wildman–Crippen MR) is 80.8 cm³/mol. The summed E-state index contributed by atoms with van der Waals surface area (Å²) in [6, 6.07) is 1.67.